The van der Waals surface area contributed by atoms with Crippen molar-refractivity contribution >= 4 is 5.96 Å². The summed E-state index contributed by atoms with van der Waals surface area (Å²) in [6, 6.07) is 6.62. The van der Waals surface area contributed by atoms with E-state index in [1.807, 2.05) is 12.1 Å². The van der Waals surface area contributed by atoms with Crippen LogP contribution in [0.5, 0.6) is 11.5 Å². The minimum absolute atomic E-state index is 0.158. The maximum Gasteiger partial charge on any atom is 0.191 e. The standard InChI is InChI=1S/C22H39N5O3/c1-7-23-22(24-15-17(2)27-10-12-30-13-11-27)25-16-19(26(3)4)18-8-9-20(28-5)21(14-18)29-6/h8-9,14,17,19H,7,10-13,15-16H2,1-6H3,(H2,23,24,25). The van der Waals surface area contributed by atoms with Crippen molar-refractivity contribution in [1.29, 1.82) is 0 Å². The predicted molar refractivity (Wildman–Crippen MR) is 122 cm³/mol. The lowest BCUT2D eigenvalue weighted by molar-refractivity contribution is 0.0220. The van der Waals surface area contributed by atoms with Gasteiger partial charge in [0.25, 0.3) is 0 Å². The first-order valence-corrected chi connectivity index (χ1v) is 10.7. The molecule has 30 heavy (non-hydrogen) atoms. The molecule has 170 valence electrons. The maximum absolute atomic E-state index is 5.48. The van der Waals surface area contributed by atoms with Gasteiger partial charge in [-0.15, -0.1) is 0 Å². The highest BCUT2D eigenvalue weighted by atomic mass is 16.5. The van der Waals surface area contributed by atoms with Crippen molar-refractivity contribution in [2.24, 2.45) is 4.99 Å². The Morgan fingerprint density at radius 3 is 2.47 bits per heavy atom. The van der Waals surface area contributed by atoms with Crippen molar-refractivity contribution in [2.75, 3.05) is 74.3 Å². The number of benzene rings is 1. The molecule has 0 aliphatic carbocycles. The molecule has 1 heterocycles. The fourth-order valence-corrected chi connectivity index (χ4v) is 3.55. The van der Waals surface area contributed by atoms with Crippen LogP contribution in [0.25, 0.3) is 0 Å². The second-order valence-corrected chi connectivity index (χ2v) is 7.69. The Labute approximate surface area is 181 Å². The van der Waals surface area contributed by atoms with Gasteiger partial charge >= 0.3 is 0 Å². The highest BCUT2D eigenvalue weighted by Crippen LogP contribution is 2.31. The average molecular weight is 422 g/mol. The number of morpholine rings is 1. The zero-order chi connectivity index (χ0) is 21.9. The van der Waals surface area contributed by atoms with Crippen LogP contribution < -0.4 is 20.1 Å². The van der Waals surface area contributed by atoms with Crippen LogP contribution in [0.2, 0.25) is 0 Å². The summed E-state index contributed by atoms with van der Waals surface area (Å²) in [7, 11) is 7.47. The van der Waals surface area contributed by atoms with Crippen molar-refractivity contribution in [3.63, 3.8) is 0 Å². The number of likely N-dealkylation sites (N-methyl/N-ethyl adjacent to an activating group) is 1. The quantitative estimate of drug-likeness (QED) is 0.439. The van der Waals surface area contributed by atoms with Crippen LogP contribution >= 0.6 is 0 Å². The largest absolute Gasteiger partial charge is 0.493 e. The minimum atomic E-state index is 0.158. The molecule has 2 unspecified atom stereocenters. The smallest absolute Gasteiger partial charge is 0.191 e. The normalized spacial score (nSPS) is 17.5. The van der Waals surface area contributed by atoms with Crippen LogP contribution in [0.1, 0.15) is 25.5 Å². The molecule has 8 nitrogen and oxygen atoms in total. The molecule has 1 aliphatic rings. The number of rotatable bonds is 10. The van der Waals surface area contributed by atoms with Gasteiger partial charge in [0.2, 0.25) is 0 Å². The fourth-order valence-electron chi connectivity index (χ4n) is 3.55. The van der Waals surface area contributed by atoms with Gasteiger partial charge in [-0.05, 0) is 45.6 Å². The molecular formula is C22H39N5O3. The van der Waals surface area contributed by atoms with E-state index in [1.165, 1.54) is 0 Å². The van der Waals surface area contributed by atoms with E-state index >= 15 is 0 Å². The topological polar surface area (TPSA) is 70.6 Å². The van der Waals surface area contributed by atoms with E-state index < -0.39 is 0 Å². The van der Waals surface area contributed by atoms with E-state index in [0.717, 1.165) is 69.0 Å². The lowest BCUT2D eigenvalue weighted by Crippen LogP contribution is -2.45. The number of guanidine groups is 1. The number of methoxy groups -OCH3 is 2. The molecule has 0 radical (unpaired) electrons. The molecule has 2 rings (SSSR count). The highest BCUT2D eigenvalue weighted by Gasteiger charge is 2.19. The summed E-state index contributed by atoms with van der Waals surface area (Å²) in [4.78, 5) is 9.45. The Bertz CT molecular complexity index is 662. The molecule has 2 atom stereocenters. The lowest BCUT2D eigenvalue weighted by atomic mass is 10.1. The third-order valence-corrected chi connectivity index (χ3v) is 5.41. The van der Waals surface area contributed by atoms with Gasteiger partial charge in [0.15, 0.2) is 17.5 Å². The van der Waals surface area contributed by atoms with Crippen LogP contribution in [0, 0.1) is 0 Å². The Hall–Kier alpha value is -2.03. The Morgan fingerprint density at radius 1 is 1.17 bits per heavy atom. The fraction of sp³-hybridized carbons (Fsp3) is 0.682. The Balaban J connectivity index is 2.04. The van der Waals surface area contributed by atoms with Crippen LogP contribution in [-0.4, -0.2) is 96.1 Å². The van der Waals surface area contributed by atoms with E-state index in [-0.39, 0.29) is 6.04 Å². The second-order valence-electron chi connectivity index (χ2n) is 7.69. The third kappa shape index (κ3) is 7.04. The number of nitrogens with one attached hydrogen (secondary N) is 2. The summed E-state index contributed by atoms with van der Waals surface area (Å²) in [6.45, 7) is 10.2. The molecule has 1 aromatic carbocycles. The van der Waals surface area contributed by atoms with E-state index in [0.29, 0.717) is 6.04 Å². The Morgan fingerprint density at radius 2 is 1.87 bits per heavy atom. The summed E-state index contributed by atoms with van der Waals surface area (Å²) >= 11 is 0. The van der Waals surface area contributed by atoms with E-state index in [4.69, 9.17) is 19.2 Å². The lowest BCUT2D eigenvalue weighted by Gasteiger charge is -2.31. The molecule has 1 aliphatic heterocycles. The molecule has 2 N–H and O–H groups in total. The summed E-state index contributed by atoms with van der Waals surface area (Å²) in [5.74, 6) is 2.31. The van der Waals surface area contributed by atoms with Gasteiger partial charge in [-0.25, -0.2) is 0 Å². The van der Waals surface area contributed by atoms with E-state index in [9.17, 15) is 0 Å². The minimum Gasteiger partial charge on any atom is -0.493 e. The second kappa shape index (κ2) is 12.6. The van der Waals surface area contributed by atoms with Crippen molar-refractivity contribution < 1.29 is 14.2 Å². The first-order valence-electron chi connectivity index (χ1n) is 10.7. The number of aliphatic imine (C=N–C) groups is 1. The van der Waals surface area contributed by atoms with Crippen LogP contribution in [0.15, 0.2) is 23.2 Å². The number of nitrogens with zero attached hydrogens (tertiary/aromatic N) is 3. The van der Waals surface area contributed by atoms with Gasteiger partial charge in [-0.3, -0.25) is 9.89 Å². The zero-order valence-electron chi connectivity index (χ0n) is 19.4. The van der Waals surface area contributed by atoms with Gasteiger partial charge in [0, 0.05) is 32.2 Å². The number of ether oxygens (including phenoxy) is 3. The first-order chi connectivity index (χ1) is 14.5. The number of hydrogen-bond donors (Lipinski definition) is 2. The van der Waals surface area contributed by atoms with Crippen molar-refractivity contribution in [2.45, 2.75) is 25.9 Å². The van der Waals surface area contributed by atoms with Gasteiger partial charge < -0.3 is 29.7 Å². The predicted octanol–water partition coefficient (Wildman–Crippen LogP) is 1.58. The van der Waals surface area contributed by atoms with Crippen molar-refractivity contribution in [3.05, 3.63) is 23.8 Å². The molecule has 0 bridgehead atoms. The number of hydrogen-bond acceptors (Lipinski definition) is 6. The summed E-state index contributed by atoms with van der Waals surface area (Å²) in [5.41, 5.74) is 1.16. The van der Waals surface area contributed by atoms with Crippen LogP contribution in [-0.2, 0) is 4.74 Å². The summed E-state index contributed by atoms with van der Waals surface area (Å²) < 4.78 is 16.3. The molecule has 1 aromatic rings. The summed E-state index contributed by atoms with van der Waals surface area (Å²) in [5, 5.41) is 6.87. The monoisotopic (exact) mass is 421 g/mol. The van der Waals surface area contributed by atoms with Gasteiger partial charge in [0.05, 0.1) is 40.0 Å². The SMILES string of the molecule is CCNC(=NCC(C)N1CCOCC1)NCC(c1ccc(OC)c(OC)c1)N(C)C. The highest BCUT2D eigenvalue weighted by molar-refractivity contribution is 5.79. The molecule has 0 aromatic heterocycles. The van der Waals surface area contributed by atoms with Gasteiger partial charge in [-0.1, -0.05) is 6.07 Å². The first kappa shape index (κ1) is 24.2. The van der Waals surface area contributed by atoms with E-state index in [2.05, 4.69) is 54.4 Å². The molecule has 1 saturated heterocycles. The Kier molecular flexibility index (Phi) is 10.2. The molecular weight excluding hydrogens is 382 g/mol. The molecule has 0 amide bonds. The maximum atomic E-state index is 5.48. The van der Waals surface area contributed by atoms with Crippen LogP contribution in [0.3, 0.4) is 0 Å². The average Bonchev–Trinajstić information content (AvgIpc) is 2.77. The van der Waals surface area contributed by atoms with Crippen molar-refractivity contribution in [3.8, 4) is 11.5 Å². The third-order valence-electron chi connectivity index (χ3n) is 5.41. The van der Waals surface area contributed by atoms with Gasteiger partial charge in [-0.2, -0.15) is 0 Å². The molecule has 0 spiro atoms. The zero-order valence-corrected chi connectivity index (χ0v) is 19.4. The molecule has 1 fully saturated rings. The van der Waals surface area contributed by atoms with Gasteiger partial charge in [0.1, 0.15) is 0 Å². The summed E-state index contributed by atoms with van der Waals surface area (Å²) in [6.07, 6.45) is 0. The molecule has 8 heteroatoms. The van der Waals surface area contributed by atoms with Crippen LogP contribution in [0.4, 0.5) is 0 Å². The van der Waals surface area contributed by atoms with Crippen molar-refractivity contribution in [1.82, 2.24) is 20.4 Å². The molecule has 0 saturated carbocycles. The van der Waals surface area contributed by atoms with E-state index in [1.54, 1.807) is 14.2 Å².